The Morgan fingerprint density at radius 1 is 1.36 bits per heavy atom. The van der Waals surface area contributed by atoms with E-state index in [4.69, 9.17) is 34.8 Å². The largest absolute Gasteiger partial charge is 0.287 e. The van der Waals surface area contributed by atoms with E-state index in [0.29, 0.717) is 0 Å². The van der Waals surface area contributed by atoms with Crippen molar-refractivity contribution in [2.45, 2.75) is 25.1 Å². The van der Waals surface area contributed by atoms with Crippen LogP contribution in [0.1, 0.15) is 20.3 Å². The molecule has 0 amide bonds. The summed E-state index contributed by atoms with van der Waals surface area (Å²) in [6.07, 6.45) is 4.02. The molecule has 14 heavy (non-hydrogen) atoms. The van der Waals surface area contributed by atoms with E-state index in [1.54, 1.807) is 12.2 Å². The van der Waals surface area contributed by atoms with Crippen molar-refractivity contribution in [3.8, 4) is 0 Å². The van der Waals surface area contributed by atoms with Crippen LogP contribution in [0.15, 0.2) is 22.2 Å². The number of carbonyl (C=O) groups excluding carboxylic acids is 1. The van der Waals surface area contributed by atoms with Gasteiger partial charge in [0, 0.05) is 0 Å². The summed E-state index contributed by atoms with van der Waals surface area (Å²) in [7, 11) is 0. The Balaban J connectivity index is 3.09. The lowest BCUT2D eigenvalue weighted by Crippen LogP contribution is -2.29. The zero-order valence-corrected chi connectivity index (χ0v) is 10.2. The molecule has 0 aliphatic heterocycles. The minimum atomic E-state index is -0.725. The normalized spacial score (nSPS) is 22.8. The maximum atomic E-state index is 11.3. The number of allylic oxidation sites excluding steroid dienone is 4. The summed E-state index contributed by atoms with van der Waals surface area (Å²) in [6.45, 7) is 4.01. The topological polar surface area (TPSA) is 17.1 Å². The first-order valence-corrected chi connectivity index (χ1v) is 5.54. The molecule has 0 aromatic rings. The standard InChI is InChI=1S/C10H11Cl3O/c1-3-6(2)10(13)4-7(11)9(14)8(12)5-10/h4-6H,3H2,1-2H3. The van der Waals surface area contributed by atoms with Crippen LogP contribution in [0, 0.1) is 5.92 Å². The van der Waals surface area contributed by atoms with Crippen LogP contribution in [0.25, 0.3) is 0 Å². The van der Waals surface area contributed by atoms with Gasteiger partial charge in [0.1, 0.15) is 0 Å². The third kappa shape index (κ3) is 2.16. The van der Waals surface area contributed by atoms with Gasteiger partial charge < -0.3 is 0 Å². The molecule has 1 nitrogen and oxygen atoms in total. The van der Waals surface area contributed by atoms with Crippen molar-refractivity contribution in [2.24, 2.45) is 5.92 Å². The summed E-state index contributed by atoms with van der Waals surface area (Å²) >= 11 is 17.8. The summed E-state index contributed by atoms with van der Waals surface area (Å²) in [5.41, 5.74) is 0. The molecule has 0 aromatic heterocycles. The van der Waals surface area contributed by atoms with Crippen LogP contribution in [0.3, 0.4) is 0 Å². The third-order valence-electron chi connectivity index (χ3n) is 2.50. The zero-order valence-electron chi connectivity index (χ0n) is 7.98. The number of hydrogen-bond acceptors (Lipinski definition) is 1. The predicted molar refractivity (Wildman–Crippen MR) is 60.9 cm³/mol. The van der Waals surface area contributed by atoms with Crippen LogP contribution in [-0.2, 0) is 4.79 Å². The third-order valence-corrected chi connectivity index (χ3v) is 3.65. The van der Waals surface area contributed by atoms with Crippen molar-refractivity contribution in [3.63, 3.8) is 0 Å². The minimum absolute atomic E-state index is 0.104. The average molecular weight is 254 g/mol. The number of ketones is 1. The molecule has 0 N–H and O–H groups in total. The molecule has 78 valence electrons. The molecule has 0 spiro atoms. The van der Waals surface area contributed by atoms with Crippen LogP contribution < -0.4 is 0 Å². The first-order chi connectivity index (χ1) is 6.40. The average Bonchev–Trinajstić information content (AvgIpc) is 2.12. The van der Waals surface area contributed by atoms with E-state index in [2.05, 4.69) is 0 Å². The lowest BCUT2D eigenvalue weighted by Gasteiger charge is -2.29. The van der Waals surface area contributed by atoms with E-state index >= 15 is 0 Å². The van der Waals surface area contributed by atoms with Crippen molar-refractivity contribution in [1.29, 1.82) is 0 Å². The lowest BCUT2D eigenvalue weighted by atomic mass is 9.87. The fourth-order valence-electron chi connectivity index (χ4n) is 1.27. The number of hydrogen-bond donors (Lipinski definition) is 0. The van der Waals surface area contributed by atoms with Crippen molar-refractivity contribution in [3.05, 3.63) is 22.2 Å². The maximum Gasteiger partial charge on any atom is 0.215 e. The van der Waals surface area contributed by atoms with Gasteiger partial charge in [-0.25, -0.2) is 0 Å². The number of Topliss-reactive ketones (excluding diaryl/α,β-unsaturated/α-hetero) is 1. The number of carbonyl (C=O) groups is 1. The van der Waals surface area contributed by atoms with Gasteiger partial charge in [-0.2, -0.15) is 0 Å². The summed E-state index contributed by atoms with van der Waals surface area (Å²) in [5.74, 6) is -0.173. The zero-order chi connectivity index (χ0) is 10.9. The summed E-state index contributed by atoms with van der Waals surface area (Å²) in [4.78, 5) is 10.5. The highest BCUT2D eigenvalue weighted by atomic mass is 35.5. The van der Waals surface area contributed by atoms with Crippen LogP contribution in [0.4, 0.5) is 0 Å². The molecular weight excluding hydrogens is 242 g/mol. The second-order valence-electron chi connectivity index (χ2n) is 3.45. The number of alkyl halides is 1. The fraction of sp³-hybridized carbons (Fsp3) is 0.500. The molecule has 0 saturated heterocycles. The minimum Gasteiger partial charge on any atom is -0.287 e. The SMILES string of the molecule is CCC(C)C1(Cl)C=C(Cl)C(=O)C(Cl)=C1. The van der Waals surface area contributed by atoms with Gasteiger partial charge in [-0.05, 0) is 18.1 Å². The molecule has 0 aromatic carbocycles. The molecule has 1 atom stereocenters. The fourth-order valence-corrected chi connectivity index (χ4v) is 2.37. The first kappa shape index (κ1) is 12.1. The number of halogens is 3. The van der Waals surface area contributed by atoms with Gasteiger partial charge in [0.2, 0.25) is 5.78 Å². The van der Waals surface area contributed by atoms with Crippen LogP contribution in [0.5, 0.6) is 0 Å². The highest BCUT2D eigenvalue weighted by Gasteiger charge is 2.34. The van der Waals surface area contributed by atoms with Crippen molar-refractivity contribution in [2.75, 3.05) is 0 Å². The molecule has 4 heteroatoms. The van der Waals surface area contributed by atoms with Gasteiger partial charge in [0.05, 0.1) is 14.9 Å². The Labute approximate surface area is 98.7 Å². The molecule has 1 aliphatic rings. The Morgan fingerprint density at radius 3 is 2.14 bits per heavy atom. The maximum absolute atomic E-state index is 11.3. The molecule has 0 bridgehead atoms. The molecule has 0 radical (unpaired) electrons. The van der Waals surface area contributed by atoms with Crippen molar-refractivity contribution >= 4 is 40.6 Å². The Kier molecular flexibility index (Phi) is 3.68. The summed E-state index contributed by atoms with van der Waals surface area (Å²) in [6, 6.07) is 0. The van der Waals surface area contributed by atoms with Gasteiger partial charge in [-0.15, -0.1) is 11.6 Å². The van der Waals surface area contributed by atoms with E-state index in [0.717, 1.165) is 6.42 Å². The molecule has 0 saturated carbocycles. The van der Waals surface area contributed by atoms with Gasteiger partial charge >= 0.3 is 0 Å². The van der Waals surface area contributed by atoms with Crippen LogP contribution >= 0.6 is 34.8 Å². The van der Waals surface area contributed by atoms with E-state index in [1.165, 1.54) is 0 Å². The Bertz CT molecular complexity index is 295. The summed E-state index contributed by atoms with van der Waals surface area (Å²) < 4.78 is 0. The highest BCUT2D eigenvalue weighted by molar-refractivity contribution is 6.56. The number of rotatable bonds is 2. The van der Waals surface area contributed by atoms with E-state index in [1.807, 2.05) is 13.8 Å². The van der Waals surface area contributed by atoms with E-state index < -0.39 is 4.87 Å². The smallest absolute Gasteiger partial charge is 0.215 e. The molecule has 0 heterocycles. The van der Waals surface area contributed by atoms with E-state index in [-0.39, 0.29) is 21.8 Å². The molecule has 1 rings (SSSR count). The van der Waals surface area contributed by atoms with Gasteiger partial charge in [0.15, 0.2) is 0 Å². The quantitative estimate of drug-likeness (QED) is 0.684. The van der Waals surface area contributed by atoms with Crippen molar-refractivity contribution in [1.82, 2.24) is 0 Å². The predicted octanol–water partition coefficient (Wildman–Crippen LogP) is 3.84. The molecule has 1 unspecified atom stereocenters. The first-order valence-electron chi connectivity index (χ1n) is 4.41. The van der Waals surface area contributed by atoms with Gasteiger partial charge in [0.25, 0.3) is 0 Å². The highest BCUT2D eigenvalue weighted by Crippen LogP contribution is 2.38. The molecule has 1 aliphatic carbocycles. The Hall–Kier alpha value is 0.0200. The van der Waals surface area contributed by atoms with Gasteiger partial charge in [-0.3, -0.25) is 4.79 Å². The van der Waals surface area contributed by atoms with Crippen molar-refractivity contribution < 1.29 is 4.79 Å². The van der Waals surface area contributed by atoms with Crippen LogP contribution in [0.2, 0.25) is 0 Å². The van der Waals surface area contributed by atoms with E-state index in [9.17, 15) is 4.79 Å². The van der Waals surface area contributed by atoms with Gasteiger partial charge in [-0.1, -0.05) is 43.5 Å². The summed E-state index contributed by atoms with van der Waals surface area (Å²) in [5, 5.41) is 0.209. The second kappa shape index (κ2) is 4.26. The second-order valence-corrected chi connectivity index (χ2v) is 4.92. The monoisotopic (exact) mass is 252 g/mol. The molecule has 0 fully saturated rings. The van der Waals surface area contributed by atoms with Crippen LogP contribution in [-0.4, -0.2) is 10.7 Å². The molecular formula is C10H11Cl3O. The lowest BCUT2D eigenvalue weighted by molar-refractivity contribution is -0.111. The Morgan fingerprint density at radius 2 is 1.79 bits per heavy atom.